The second-order valence-corrected chi connectivity index (χ2v) is 8.80. The van der Waals surface area contributed by atoms with Crippen molar-refractivity contribution >= 4 is 39.2 Å². The Morgan fingerprint density at radius 2 is 1.46 bits per heavy atom. The highest BCUT2D eigenvalue weighted by Gasteiger charge is 2.16. The molecule has 0 spiro atoms. The van der Waals surface area contributed by atoms with Gasteiger partial charge in [-0.05, 0) is 73.9 Å². The first-order chi connectivity index (χ1) is 13.2. The van der Waals surface area contributed by atoms with Crippen LogP contribution in [0.3, 0.4) is 0 Å². The zero-order valence-electron chi connectivity index (χ0n) is 15.9. The number of halogens is 1. The number of benzene rings is 3. The van der Waals surface area contributed by atoms with Gasteiger partial charge in [0.25, 0.3) is 10.0 Å². The molecule has 0 fully saturated rings. The van der Waals surface area contributed by atoms with E-state index >= 15 is 0 Å². The lowest BCUT2D eigenvalue weighted by Gasteiger charge is -2.14. The van der Waals surface area contributed by atoms with Crippen molar-refractivity contribution in [2.24, 2.45) is 4.99 Å². The first-order valence-corrected chi connectivity index (χ1v) is 10.6. The molecule has 0 aliphatic heterocycles. The number of sulfonamides is 1. The minimum Gasteiger partial charge on any atom is -0.279 e. The van der Waals surface area contributed by atoms with Crippen molar-refractivity contribution < 1.29 is 8.42 Å². The molecular weight excluding hydrogens is 392 g/mol. The van der Waals surface area contributed by atoms with Gasteiger partial charge in [0.05, 0.1) is 16.3 Å². The van der Waals surface area contributed by atoms with E-state index in [4.69, 9.17) is 11.6 Å². The van der Waals surface area contributed by atoms with Crippen molar-refractivity contribution in [3.05, 3.63) is 87.9 Å². The fraction of sp³-hybridized carbons (Fsp3) is 0.136. The molecule has 0 bridgehead atoms. The number of aliphatic imine (C=N–C) groups is 1. The third-order valence-electron chi connectivity index (χ3n) is 4.29. The Morgan fingerprint density at radius 3 is 2.04 bits per heavy atom. The summed E-state index contributed by atoms with van der Waals surface area (Å²) in [5.74, 6) is 0. The van der Waals surface area contributed by atoms with Gasteiger partial charge in [-0.1, -0.05) is 41.4 Å². The number of anilines is 1. The van der Waals surface area contributed by atoms with Crippen LogP contribution < -0.4 is 4.72 Å². The maximum Gasteiger partial charge on any atom is 0.261 e. The highest BCUT2D eigenvalue weighted by molar-refractivity contribution is 7.92. The average Bonchev–Trinajstić information content (AvgIpc) is 2.65. The molecule has 0 aliphatic carbocycles. The van der Waals surface area contributed by atoms with E-state index in [-0.39, 0.29) is 4.90 Å². The first kappa shape index (κ1) is 20.1. The van der Waals surface area contributed by atoms with Crippen molar-refractivity contribution in [1.82, 2.24) is 0 Å². The third-order valence-corrected chi connectivity index (χ3v) is 5.91. The Balaban J connectivity index is 1.79. The van der Waals surface area contributed by atoms with E-state index in [1.54, 1.807) is 42.6 Å². The highest BCUT2D eigenvalue weighted by Crippen LogP contribution is 2.26. The van der Waals surface area contributed by atoms with Crippen molar-refractivity contribution in [3.8, 4) is 0 Å². The van der Waals surface area contributed by atoms with Gasteiger partial charge in [0.15, 0.2) is 0 Å². The lowest BCUT2D eigenvalue weighted by atomic mass is 10.1. The highest BCUT2D eigenvalue weighted by atomic mass is 35.5. The molecule has 0 unspecified atom stereocenters. The van der Waals surface area contributed by atoms with Crippen LogP contribution in [-0.2, 0) is 10.0 Å². The van der Waals surface area contributed by atoms with E-state index in [2.05, 4.69) is 9.71 Å². The summed E-state index contributed by atoms with van der Waals surface area (Å²) in [7, 11) is -3.68. The normalized spacial score (nSPS) is 11.7. The quantitative estimate of drug-likeness (QED) is 0.537. The van der Waals surface area contributed by atoms with Crippen LogP contribution in [0.1, 0.15) is 22.3 Å². The molecule has 3 rings (SSSR count). The topological polar surface area (TPSA) is 58.5 Å². The summed E-state index contributed by atoms with van der Waals surface area (Å²) < 4.78 is 28.2. The minimum absolute atomic E-state index is 0.192. The molecule has 3 aromatic rings. The van der Waals surface area contributed by atoms with Crippen molar-refractivity contribution in [2.75, 3.05) is 4.72 Å². The zero-order valence-corrected chi connectivity index (χ0v) is 17.5. The lowest BCUT2D eigenvalue weighted by molar-refractivity contribution is 0.601. The minimum atomic E-state index is -3.68. The van der Waals surface area contributed by atoms with Gasteiger partial charge in [0.1, 0.15) is 0 Å². The fourth-order valence-corrected chi connectivity index (χ4v) is 4.27. The Labute approximate surface area is 171 Å². The molecule has 0 heterocycles. The summed E-state index contributed by atoms with van der Waals surface area (Å²) in [5.41, 5.74) is 5.08. The number of hydrogen-bond acceptors (Lipinski definition) is 3. The largest absolute Gasteiger partial charge is 0.279 e. The predicted octanol–water partition coefficient (Wildman–Crippen LogP) is 5.82. The summed E-state index contributed by atoms with van der Waals surface area (Å²) in [5, 5.41) is 0.665. The van der Waals surface area contributed by atoms with E-state index in [0.29, 0.717) is 16.4 Å². The van der Waals surface area contributed by atoms with Gasteiger partial charge in [0.2, 0.25) is 0 Å². The molecule has 0 aromatic heterocycles. The van der Waals surface area contributed by atoms with Crippen molar-refractivity contribution in [1.29, 1.82) is 0 Å². The van der Waals surface area contributed by atoms with Crippen molar-refractivity contribution in [3.63, 3.8) is 0 Å². The molecule has 0 saturated heterocycles. The van der Waals surface area contributed by atoms with Crippen LogP contribution in [0.5, 0.6) is 0 Å². The maximum atomic E-state index is 12.8. The monoisotopic (exact) mass is 412 g/mol. The molecule has 1 N–H and O–H groups in total. The second-order valence-electron chi connectivity index (χ2n) is 6.68. The second kappa shape index (κ2) is 8.17. The number of hydrogen-bond donors (Lipinski definition) is 1. The number of rotatable bonds is 5. The van der Waals surface area contributed by atoms with Gasteiger partial charge in [-0.25, -0.2) is 8.42 Å². The van der Waals surface area contributed by atoms with E-state index in [9.17, 15) is 8.42 Å². The molecule has 6 heteroatoms. The van der Waals surface area contributed by atoms with E-state index in [1.807, 2.05) is 45.0 Å². The van der Waals surface area contributed by atoms with Crippen molar-refractivity contribution in [2.45, 2.75) is 25.7 Å². The Kier molecular flexibility index (Phi) is 5.87. The van der Waals surface area contributed by atoms with Crippen LogP contribution in [0.4, 0.5) is 11.4 Å². The van der Waals surface area contributed by atoms with E-state index in [0.717, 1.165) is 22.3 Å². The predicted molar refractivity (Wildman–Crippen MR) is 117 cm³/mol. The first-order valence-electron chi connectivity index (χ1n) is 8.75. The van der Waals surface area contributed by atoms with E-state index < -0.39 is 10.0 Å². The summed E-state index contributed by atoms with van der Waals surface area (Å²) in [6.45, 7) is 5.78. The molecule has 0 saturated carbocycles. The SMILES string of the molecule is Cc1cc(C)c(NS(=O)(=O)c2ccc(N=Cc3ccc(Cl)cc3)cc2)c(C)c1. The summed E-state index contributed by atoms with van der Waals surface area (Å²) in [6.07, 6.45) is 1.71. The van der Waals surface area contributed by atoms with Crippen LogP contribution in [0.25, 0.3) is 0 Å². The Bertz CT molecular complexity index is 1100. The molecule has 0 radical (unpaired) electrons. The number of aryl methyl sites for hydroxylation is 3. The van der Waals surface area contributed by atoms with Crippen LogP contribution in [0.15, 0.2) is 70.6 Å². The van der Waals surface area contributed by atoms with Crippen LogP contribution in [0, 0.1) is 20.8 Å². The molecule has 0 atom stereocenters. The van der Waals surface area contributed by atoms with Crippen LogP contribution >= 0.6 is 11.6 Å². The molecule has 0 aliphatic rings. The van der Waals surface area contributed by atoms with Crippen LogP contribution in [0.2, 0.25) is 5.02 Å². The van der Waals surface area contributed by atoms with Gasteiger partial charge >= 0.3 is 0 Å². The maximum absolute atomic E-state index is 12.8. The van der Waals surface area contributed by atoms with Gasteiger partial charge in [-0.15, -0.1) is 0 Å². The third kappa shape index (κ3) is 4.80. The number of nitrogens with zero attached hydrogens (tertiary/aromatic N) is 1. The van der Waals surface area contributed by atoms with Gasteiger partial charge < -0.3 is 0 Å². The fourth-order valence-electron chi connectivity index (χ4n) is 2.94. The Hall–Kier alpha value is -2.63. The van der Waals surface area contributed by atoms with Gasteiger partial charge in [-0.2, -0.15) is 0 Å². The van der Waals surface area contributed by atoms with E-state index in [1.165, 1.54) is 0 Å². The summed E-state index contributed by atoms with van der Waals surface area (Å²) >= 11 is 5.87. The molecular formula is C22H21ClN2O2S. The molecule has 0 amide bonds. The zero-order chi connectivity index (χ0) is 20.3. The van der Waals surface area contributed by atoms with Gasteiger partial charge in [0, 0.05) is 11.2 Å². The molecule has 28 heavy (non-hydrogen) atoms. The molecule has 4 nitrogen and oxygen atoms in total. The molecule has 3 aromatic carbocycles. The number of nitrogens with one attached hydrogen (secondary N) is 1. The average molecular weight is 413 g/mol. The summed E-state index contributed by atoms with van der Waals surface area (Å²) in [4.78, 5) is 4.56. The molecule has 144 valence electrons. The van der Waals surface area contributed by atoms with Crippen LogP contribution in [-0.4, -0.2) is 14.6 Å². The smallest absolute Gasteiger partial charge is 0.261 e. The lowest BCUT2D eigenvalue weighted by Crippen LogP contribution is -2.14. The Morgan fingerprint density at radius 1 is 0.893 bits per heavy atom. The van der Waals surface area contributed by atoms with Gasteiger partial charge in [-0.3, -0.25) is 9.71 Å². The standard InChI is InChI=1S/C22H21ClN2O2S/c1-15-12-16(2)22(17(3)13-15)25-28(26,27)21-10-8-20(9-11-21)24-14-18-4-6-19(23)7-5-18/h4-14,25H,1-3H3. The summed E-state index contributed by atoms with van der Waals surface area (Å²) in [6, 6.07) is 17.7.